The lowest BCUT2D eigenvalue weighted by Crippen LogP contribution is -2.45. The zero-order valence-corrected chi connectivity index (χ0v) is 14.9. The summed E-state index contributed by atoms with van der Waals surface area (Å²) in [5.74, 6) is 1.06. The van der Waals surface area contributed by atoms with Crippen molar-refractivity contribution in [3.8, 4) is 0 Å². The van der Waals surface area contributed by atoms with Gasteiger partial charge in [0.2, 0.25) is 5.91 Å². The van der Waals surface area contributed by atoms with Crippen LogP contribution in [0.1, 0.15) is 51.5 Å². The summed E-state index contributed by atoms with van der Waals surface area (Å²) < 4.78 is 1.89. The number of nitrogens with one attached hydrogen (secondary N) is 1. The molecule has 1 aromatic heterocycles. The Morgan fingerprint density at radius 1 is 1.08 bits per heavy atom. The molecule has 2 heterocycles. The van der Waals surface area contributed by atoms with Crippen LogP contribution in [-0.2, 0) is 4.79 Å². The molecule has 2 aliphatic rings. The second-order valence-electron chi connectivity index (χ2n) is 7.74. The summed E-state index contributed by atoms with van der Waals surface area (Å²) in [7, 11) is 0. The van der Waals surface area contributed by atoms with E-state index < -0.39 is 0 Å². The van der Waals surface area contributed by atoms with Gasteiger partial charge in [0.05, 0.1) is 11.0 Å². The van der Waals surface area contributed by atoms with Crippen LogP contribution in [0.2, 0.25) is 0 Å². The minimum absolute atomic E-state index is 0.0353. The number of carbonyl (C=O) groups is 1. The van der Waals surface area contributed by atoms with Gasteiger partial charge in [-0.05, 0) is 43.7 Å². The molecule has 1 aromatic carbocycles. The molecule has 1 aliphatic carbocycles. The Morgan fingerprint density at radius 2 is 1.80 bits per heavy atom. The molecule has 1 saturated carbocycles. The van der Waals surface area contributed by atoms with E-state index in [1.807, 2.05) is 33.7 Å². The third-order valence-electron chi connectivity index (χ3n) is 6.19. The average Bonchev–Trinajstić information content (AvgIpc) is 2.97. The van der Waals surface area contributed by atoms with Crippen molar-refractivity contribution in [2.45, 2.75) is 51.5 Å². The number of rotatable bonds is 2. The van der Waals surface area contributed by atoms with Crippen LogP contribution < -0.4 is 5.69 Å². The first-order valence-corrected chi connectivity index (χ1v) is 9.63. The summed E-state index contributed by atoms with van der Waals surface area (Å²) in [6, 6.07) is 8.02. The van der Waals surface area contributed by atoms with Crippen molar-refractivity contribution in [3.05, 3.63) is 34.7 Å². The highest BCUT2D eigenvalue weighted by molar-refractivity contribution is 5.79. The van der Waals surface area contributed by atoms with Crippen LogP contribution in [-0.4, -0.2) is 33.4 Å². The predicted molar refractivity (Wildman–Crippen MR) is 98.5 cm³/mol. The number of amides is 1. The lowest BCUT2D eigenvalue weighted by molar-refractivity contribution is -0.139. The number of aromatic nitrogens is 2. The maximum absolute atomic E-state index is 12.9. The normalized spacial score (nSPS) is 25.4. The molecule has 2 aromatic rings. The van der Waals surface area contributed by atoms with Crippen LogP contribution in [0, 0.1) is 11.8 Å². The summed E-state index contributed by atoms with van der Waals surface area (Å²) in [6.45, 7) is 3.75. The number of para-hydroxylation sites is 2. The second-order valence-corrected chi connectivity index (χ2v) is 7.74. The Bertz CT molecular complexity index is 814. The minimum Gasteiger partial charge on any atom is -0.342 e. The first-order valence-electron chi connectivity index (χ1n) is 9.63. The minimum atomic E-state index is -0.0353. The highest BCUT2D eigenvalue weighted by Crippen LogP contribution is 2.33. The molecule has 0 spiro atoms. The lowest BCUT2D eigenvalue weighted by atomic mass is 9.79. The number of hydrogen-bond acceptors (Lipinski definition) is 2. The molecule has 1 saturated heterocycles. The van der Waals surface area contributed by atoms with Gasteiger partial charge in [-0.3, -0.25) is 9.36 Å². The quantitative estimate of drug-likeness (QED) is 0.911. The number of hydrogen-bond donors (Lipinski definition) is 1. The van der Waals surface area contributed by atoms with Gasteiger partial charge in [0, 0.05) is 25.0 Å². The monoisotopic (exact) mass is 341 g/mol. The van der Waals surface area contributed by atoms with Crippen molar-refractivity contribution in [2.24, 2.45) is 11.8 Å². The van der Waals surface area contributed by atoms with Gasteiger partial charge in [-0.25, -0.2) is 4.79 Å². The van der Waals surface area contributed by atoms with Crippen LogP contribution in [0.15, 0.2) is 29.1 Å². The SMILES string of the molecule is CC1CCCCC1C(=O)N1CCC(n2c(=O)[nH]c3ccccc32)CC1. The Hall–Kier alpha value is -2.04. The summed E-state index contributed by atoms with van der Waals surface area (Å²) in [6.07, 6.45) is 6.38. The number of aromatic amines is 1. The highest BCUT2D eigenvalue weighted by atomic mass is 16.2. The van der Waals surface area contributed by atoms with Gasteiger partial charge in [0.15, 0.2) is 0 Å². The predicted octanol–water partition coefficient (Wildman–Crippen LogP) is 3.32. The van der Waals surface area contributed by atoms with Gasteiger partial charge in [0.1, 0.15) is 0 Å². The topological polar surface area (TPSA) is 58.1 Å². The van der Waals surface area contributed by atoms with E-state index in [1.54, 1.807) is 0 Å². The van der Waals surface area contributed by atoms with E-state index in [9.17, 15) is 9.59 Å². The third-order valence-corrected chi connectivity index (χ3v) is 6.19. The van der Waals surface area contributed by atoms with Gasteiger partial charge in [-0.15, -0.1) is 0 Å². The van der Waals surface area contributed by atoms with Crippen LogP contribution in [0.3, 0.4) is 0 Å². The standard InChI is InChI=1S/C20H27N3O2/c1-14-6-2-3-7-16(14)19(24)22-12-10-15(11-13-22)23-18-9-5-4-8-17(18)21-20(23)25/h4-5,8-9,14-16H,2-3,6-7,10-13H2,1H3,(H,21,25). The summed E-state index contributed by atoms with van der Waals surface area (Å²) in [5.41, 5.74) is 1.83. The Balaban J connectivity index is 1.47. The second kappa shape index (κ2) is 6.70. The molecule has 4 rings (SSSR count). The van der Waals surface area contributed by atoms with Crippen molar-refractivity contribution < 1.29 is 4.79 Å². The molecule has 1 aliphatic heterocycles. The maximum Gasteiger partial charge on any atom is 0.326 e. The van der Waals surface area contributed by atoms with E-state index in [4.69, 9.17) is 0 Å². The van der Waals surface area contributed by atoms with Gasteiger partial charge in [-0.2, -0.15) is 0 Å². The largest absolute Gasteiger partial charge is 0.342 e. The number of piperidine rings is 1. The van der Waals surface area contributed by atoms with E-state index in [2.05, 4.69) is 11.9 Å². The van der Waals surface area contributed by atoms with E-state index in [0.29, 0.717) is 11.8 Å². The molecule has 1 N–H and O–H groups in total. The molecule has 2 unspecified atom stereocenters. The maximum atomic E-state index is 12.9. The molecule has 2 fully saturated rings. The fraction of sp³-hybridized carbons (Fsp3) is 0.600. The molecular weight excluding hydrogens is 314 g/mol. The number of fused-ring (bicyclic) bond motifs is 1. The number of H-pyrrole nitrogens is 1. The van der Waals surface area contributed by atoms with Gasteiger partial charge < -0.3 is 9.88 Å². The zero-order chi connectivity index (χ0) is 17.4. The molecule has 1 amide bonds. The Labute approximate surface area is 148 Å². The smallest absolute Gasteiger partial charge is 0.326 e. The van der Waals surface area contributed by atoms with E-state index >= 15 is 0 Å². The number of nitrogens with zero attached hydrogens (tertiary/aromatic N) is 2. The first kappa shape index (κ1) is 16.4. The van der Waals surface area contributed by atoms with Crippen molar-refractivity contribution in [1.82, 2.24) is 14.5 Å². The molecule has 5 nitrogen and oxygen atoms in total. The summed E-state index contributed by atoms with van der Waals surface area (Å²) in [4.78, 5) is 30.2. The number of carbonyl (C=O) groups excluding carboxylic acids is 1. The molecule has 2 atom stereocenters. The summed E-state index contributed by atoms with van der Waals surface area (Å²) in [5, 5.41) is 0. The van der Waals surface area contributed by atoms with Crippen molar-refractivity contribution in [2.75, 3.05) is 13.1 Å². The zero-order valence-electron chi connectivity index (χ0n) is 14.9. The molecular formula is C20H27N3O2. The van der Waals surface area contributed by atoms with E-state index in [-0.39, 0.29) is 17.6 Å². The first-order chi connectivity index (χ1) is 12.1. The molecule has 134 valence electrons. The highest BCUT2D eigenvalue weighted by Gasteiger charge is 2.33. The Kier molecular flexibility index (Phi) is 4.40. The van der Waals surface area contributed by atoms with Gasteiger partial charge in [0.25, 0.3) is 0 Å². The number of likely N-dealkylation sites (tertiary alicyclic amines) is 1. The van der Waals surface area contributed by atoms with Crippen molar-refractivity contribution >= 4 is 16.9 Å². The van der Waals surface area contributed by atoms with Gasteiger partial charge in [-0.1, -0.05) is 31.9 Å². The fourth-order valence-corrected chi connectivity index (χ4v) is 4.70. The van der Waals surface area contributed by atoms with Crippen molar-refractivity contribution in [3.63, 3.8) is 0 Å². The molecule has 25 heavy (non-hydrogen) atoms. The molecule has 5 heteroatoms. The van der Waals surface area contributed by atoms with Crippen LogP contribution in [0.25, 0.3) is 11.0 Å². The van der Waals surface area contributed by atoms with E-state index in [0.717, 1.165) is 43.4 Å². The van der Waals surface area contributed by atoms with Crippen molar-refractivity contribution in [1.29, 1.82) is 0 Å². The Morgan fingerprint density at radius 3 is 2.56 bits per heavy atom. The van der Waals surface area contributed by atoms with Crippen LogP contribution in [0.4, 0.5) is 0 Å². The third kappa shape index (κ3) is 3.00. The van der Waals surface area contributed by atoms with Gasteiger partial charge >= 0.3 is 5.69 Å². The lowest BCUT2D eigenvalue weighted by Gasteiger charge is -2.37. The number of benzene rings is 1. The summed E-state index contributed by atoms with van der Waals surface area (Å²) >= 11 is 0. The fourth-order valence-electron chi connectivity index (χ4n) is 4.70. The molecule has 0 bridgehead atoms. The number of imidazole rings is 1. The van der Waals surface area contributed by atoms with Crippen LogP contribution in [0.5, 0.6) is 0 Å². The van der Waals surface area contributed by atoms with E-state index in [1.165, 1.54) is 19.3 Å². The molecule has 0 radical (unpaired) electrons. The van der Waals surface area contributed by atoms with Crippen LogP contribution >= 0.6 is 0 Å². The average molecular weight is 341 g/mol.